The fraction of sp³-hybridized carbons (Fsp3) is 0.400. The van der Waals surface area contributed by atoms with Crippen molar-refractivity contribution in [3.8, 4) is 0 Å². The van der Waals surface area contributed by atoms with Crippen LogP contribution in [0.4, 0.5) is 10.1 Å². The van der Waals surface area contributed by atoms with Crippen molar-refractivity contribution in [2.24, 2.45) is 5.41 Å². The van der Waals surface area contributed by atoms with Crippen LogP contribution in [0.2, 0.25) is 0 Å². The zero-order valence-corrected chi connectivity index (χ0v) is 12.9. The van der Waals surface area contributed by atoms with Gasteiger partial charge in [0.05, 0.1) is 5.69 Å². The molecule has 114 valence electrons. The third kappa shape index (κ3) is 3.51. The fourth-order valence-electron chi connectivity index (χ4n) is 2.05. The second kappa shape index (κ2) is 5.99. The first-order valence-electron chi connectivity index (χ1n) is 6.70. The molecule has 4 N–H and O–H groups in total. The van der Waals surface area contributed by atoms with E-state index in [-0.39, 0.29) is 23.7 Å². The largest absolute Gasteiger partial charge is 0.397 e. The third-order valence-electron chi connectivity index (χ3n) is 3.41. The predicted octanol–water partition coefficient (Wildman–Crippen LogP) is 2.76. The Morgan fingerprint density at radius 2 is 2.19 bits per heavy atom. The number of nitrogens with one attached hydrogen (secondary N) is 1. The van der Waals surface area contributed by atoms with Crippen LogP contribution in [0.5, 0.6) is 0 Å². The predicted molar refractivity (Wildman–Crippen MR) is 84.0 cm³/mol. The van der Waals surface area contributed by atoms with Crippen molar-refractivity contribution in [3.05, 3.63) is 28.9 Å². The number of anilines is 1. The fourth-order valence-corrected chi connectivity index (χ4v) is 3.07. The minimum atomic E-state index is -0.372. The lowest BCUT2D eigenvalue weighted by Gasteiger charge is -2.23. The number of amides is 1. The Morgan fingerprint density at radius 1 is 1.48 bits per heavy atom. The summed E-state index contributed by atoms with van der Waals surface area (Å²) >= 11 is 1.25. The number of aliphatic hydroxyl groups is 1. The van der Waals surface area contributed by atoms with Crippen LogP contribution in [-0.4, -0.2) is 24.2 Å². The maximum atomic E-state index is 13.2. The highest BCUT2D eigenvalue weighted by molar-refractivity contribution is 7.21. The van der Waals surface area contributed by atoms with Gasteiger partial charge in [-0.3, -0.25) is 4.79 Å². The van der Waals surface area contributed by atoms with Gasteiger partial charge in [0.25, 0.3) is 5.91 Å². The van der Waals surface area contributed by atoms with Crippen LogP contribution in [0, 0.1) is 11.2 Å². The number of carbonyl (C=O) groups excluding carboxylic acids is 1. The molecule has 2 aromatic rings. The number of carbonyl (C=O) groups is 1. The summed E-state index contributed by atoms with van der Waals surface area (Å²) < 4.78 is 14.0. The number of thiophene rings is 1. The lowest BCUT2D eigenvalue weighted by Crippen LogP contribution is -2.34. The van der Waals surface area contributed by atoms with E-state index in [9.17, 15) is 9.18 Å². The highest BCUT2D eigenvalue weighted by atomic mass is 32.1. The molecule has 21 heavy (non-hydrogen) atoms. The van der Waals surface area contributed by atoms with Crippen LogP contribution in [0.3, 0.4) is 0 Å². The van der Waals surface area contributed by atoms with Crippen molar-refractivity contribution in [2.75, 3.05) is 18.9 Å². The van der Waals surface area contributed by atoms with Gasteiger partial charge in [0.1, 0.15) is 10.7 Å². The standard InChI is InChI=1S/C15H19FN2O2S/c1-15(2,5-6-19)8-18-14(20)13-12(17)10-7-9(16)3-4-11(10)21-13/h3-4,7,19H,5-6,8,17H2,1-2H3,(H,18,20). The highest BCUT2D eigenvalue weighted by Crippen LogP contribution is 2.34. The summed E-state index contributed by atoms with van der Waals surface area (Å²) in [5.74, 6) is -0.636. The summed E-state index contributed by atoms with van der Waals surface area (Å²) in [6.07, 6.45) is 0.598. The number of aliphatic hydroxyl groups excluding tert-OH is 1. The smallest absolute Gasteiger partial charge is 0.263 e. The van der Waals surface area contributed by atoms with E-state index in [1.807, 2.05) is 13.8 Å². The number of benzene rings is 1. The topological polar surface area (TPSA) is 75.3 Å². The van der Waals surface area contributed by atoms with Gasteiger partial charge in [-0.1, -0.05) is 13.8 Å². The normalized spacial score (nSPS) is 11.8. The van der Waals surface area contributed by atoms with Crippen LogP contribution in [-0.2, 0) is 0 Å². The molecular formula is C15H19FN2O2S. The van der Waals surface area contributed by atoms with E-state index >= 15 is 0 Å². The number of nitrogen functional groups attached to an aromatic ring is 1. The van der Waals surface area contributed by atoms with E-state index in [4.69, 9.17) is 10.8 Å². The van der Waals surface area contributed by atoms with Crippen molar-refractivity contribution in [1.29, 1.82) is 0 Å². The van der Waals surface area contributed by atoms with Gasteiger partial charge >= 0.3 is 0 Å². The first kappa shape index (κ1) is 15.7. The Kier molecular flexibility index (Phi) is 4.49. The molecule has 0 bridgehead atoms. The van der Waals surface area contributed by atoms with Crippen LogP contribution < -0.4 is 11.1 Å². The Hall–Kier alpha value is -1.66. The number of hydrogen-bond donors (Lipinski definition) is 3. The Morgan fingerprint density at radius 3 is 2.86 bits per heavy atom. The SMILES string of the molecule is CC(C)(CCO)CNC(=O)c1sc2ccc(F)cc2c1N. The van der Waals surface area contributed by atoms with Gasteiger partial charge in [-0.25, -0.2) is 4.39 Å². The van der Waals surface area contributed by atoms with Crippen LogP contribution >= 0.6 is 11.3 Å². The molecule has 0 saturated heterocycles. The molecule has 0 radical (unpaired) electrons. The third-order valence-corrected chi connectivity index (χ3v) is 4.60. The molecule has 6 heteroatoms. The molecular weight excluding hydrogens is 291 g/mol. The minimum absolute atomic E-state index is 0.0766. The van der Waals surface area contributed by atoms with Gasteiger partial charge in [-0.2, -0.15) is 0 Å². The number of rotatable bonds is 5. The average Bonchev–Trinajstić information content (AvgIpc) is 2.73. The van der Waals surface area contributed by atoms with Gasteiger partial charge in [-0.15, -0.1) is 11.3 Å². The molecule has 4 nitrogen and oxygen atoms in total. The molecule has 0 fully saturated rings. The van der Waals surface area contributed by atoms with E-state index in [1.54, 1.807) is 6.07 Å². The number of halogens is 1. The lowest BCUT2D eigenvalue weighted by atomic mass is 9.90. The van der Waals surface area contributed by atoms with Gasteiger partial charge < -0.3 is 16.2 Å². The molecule has 1 aromatic heterocycles. The minimum Gasteiger partial charge on any atom is -0.397 e. The summed E-state index contributed by atoms with van der Waals surface area (Å²) in [6, 6.07) is 4.32. The van der Waals surface area contributed by atoms with Gasteiger partial charge in [0.15, 0.2) is 0 Å². The van der Waals surface area contributed by atoms with E-state index in [1.165, 1.54) is 23.5 Å². The van der Waals surface area contributed by atoms with Crippen LogP contribution in [0.1, 0.15) is 29.9 Å². The highest BCUT2D eigenvalue weighted by Gasteiger charge is 2.21. The van der Waals surface area contributed by atoms with Crippen molar-refractivity contribution >= 4 is 33.0 Å². The molecule has 1 amide bonds. The van der Waals surface area contributed by atoms with Gasteiger partial charge in [0, 0.05) is 23.2 Å². The Labute approximate surface area is 126 Å². The van der Waals surface area contributed by atoms with Crippen molar-refractivity contribution in [1.82, 2.24) is 5.32 Å². The second-order valence-corrected chi connectivity index (χ2v) is 6.86. The van der Waals surface area contributed by atoms with Crippen LogP contribution in [0.15, 0.2) is 18.2 Å². The van der Waals surface area contributed by atoms with Gasteiger partial charge in [-0.05, 0) is 30.0 Å². The zero-order valence-electron chi connectivity index (χ0n) is 12.1. The quantitative estimate of drug-likeness (QED) is 0.795. The van der Waals surface area contributed by atoms with E-state index in [2.05, 4.69) is 5.32 Å². The second-order valence-electron chi connectivity index (χ2n) is 5.81. The number of hydrogen-bond acceptors (Lipinski definition) is 4. The molecule has 2 rings (SSSR count). The molecule has 0 spiro atoms. The summed E-state index contributed by atoms with van der Waals surface area (Å²) in [5, 5.41) is 12.4. The molecule has 1 aromatic carbocycles. The molecule has 0 unspecified atom stereocenters. The molecule has 0 saturated carbocycles. The number of nitrogens with two attached hydrogens (primary N) is 1. The molecule has 0 aliphatic heterocycles. The van der Waals surface area contributed by atoms with E-state index in [0.29, 0.717) is 28.9 Å². The van der Waals surface area contributed by atoms with Crippen LogP contribution in [0.25, 0.3) is 10.1 Å². The zero-order chi connectivity index (χ0) is 15.6. The molecule has 0 atom stereocenters. The first-order chi connectivity index (χ1) is 9.84. The van der Waals surface area contributed by atoms with Gasteiger partial charge in [0.2, 0.25) is 0 Å². The van der Waals surface area contributed by atoms with E-state index in [0.717, 1.165) is 4.70 Å². The summed E-state index contributed by atoms with van der Waals surface area (Å²) in [7, 11) is 0. The summed E-state index contributed by atoms with van der Waals surface area (Å²) in [4.78, 5) is 12.6. The first-order valence-corrected chi connectivity index (χ1v) is 7.52. The van der Waals surface area contributed by atoms with Crippen molar-refractivity contribution < 1.29 is 14.3 Å². The molecule has 0 aliphatic rings. The Balaban J connectivity index is 2.18. The maximum Gasteiger partial charge on any atom is 0.263 e. The maximum absolute atomic E-state index is 13.2. The number of fused-ring (bicyclic) bond motifs is 1. The van der Waals surface area contributed by atoms with Crippen molar-refractivity contribution in [2.45, 2.75) is 20.3 Å². The average molecular weight is 310 g/mol. The summed E-state index contributed by atoms with van der Waals surface area (Å²) in [6.45, 7) is 4.45. The summed E-state index contributed by atoms with van der Waals surface area (Å²) in [5.41, 5.74) is 6.07. The van der Waals surface area contributed by atoms with Crippen molar-refractivity contribution in [3.63, 3.8) is 0 Å². The molecule has 0 aliphatic carbocycles. The lowest BCUT2D eigenvalue weighted by molar-refractivity contribution is 0.0933. The monoisotopic (exact) mass is 310 g/mol. The Bertz CT molecular complexity index is 667. The van der Waals surface area contributed by atoms with E-state index < -0.39 is 0 Å². The molecule has 1 heterocycles.